The molecule has 0 radical (unpaired) electrons. The first kappa shape index (κ1) is 16.5. The summed E-state index contributed by atoms with van der Waals surface area (Å²) in [6.45, 7) is 16.8. The van der Waals surface area contributed by atoms with Crippen LogP contribution in [0, 0.1) is 17.8 Å². The van der Waals surface area contributed by atoms with Gasteiger partial charge >= 0.3 is 0 Å². The predicted molar refractivity (Wildman–Crippen MR) is 83.2 cm³/mol. The summed E-state index contributed by atoms with van der Waals surface area (Å²) in [5.74, 6) is 7.02. The largest absolute Gasteiger partial charge is 0.314 e. The minimum Gasteiger partial charge on any atom is -0.314 e. The third kappa shape index (κ3) is 8.26. The summed E-state index contributed by atoms with van der Waals surface area (Å²) in [5, 5.41) is 3.48. The first-order valence-corrected chi connectivity index (χ1v) is 7.74. The van der Waals surface area contributed by atoms with Crippen molar-refractivity contribution in [2.45, 2.75) is 40.2 Å². The molecule has 110 valence electrons. The third-order valence-corrected chi connectivity index (χ3v) is 3.36. The number of nitrogens with one attached hydrogen (secondary N) is 1. The lowest BCUT2D eigenvalue weighted by molar-refractivity contribution is 0.142. The number of rotatable bonds is 6. The normalized spacial score (nSPS) is 17.8. The maximum atomic E-state index is 3.48. The van der Waals surface area contributed by atoms with Crippen molar-refractivity contribution in [1.29, 1.82) is 0 Å². The van der Waals surface area contributed by atoms with Gasteiger partial charge in [-0.1, -0.05) is 39.5 Å². The lowest BCUT2D eigenvalue weighted by Crippen LogP contribution is -2.46. The summed E-state index contributed by atoms with van der Waals surface area (Å²) < 4.78 is 0. The van der Waals surface area contributed by atoms with Gasteiger partial charge in [-0.3, -0.25) is 4.90 Å². The van der Waals surface area contributed by atoms with Gasteiger partial charge in [0.2, 0.25) is 0 Å². The van der Waals surface area contributed by atoms with Crippen molar-refractivity contribution >= 4 is 0 Å². The molecule has 0 spiro atoms. The van der Waals surface area contributed by atoms with E-state index in [9.17, 15) is 0 Å². The van der Waals surface area contributed by atoms with E-state index in [4.69, 9.17) is 0 Å². The number of piperazine rings is 1. The average Bonchev–Trinajstić information content (AvgIpc) is 2.36. The molecule has 0 aliphatic carbocycles. The molecule has 3 nitrogen and oxygen atoms in total. The molecule has 3 heteroatoms. The summed E-state index contributed by atoms with van der Waals surface area (Å²) in [6, 6.07) is 0.608. The zero-order valence-corrected chi connectivity index (χ0v) is 13.2. The van der Waals surface area contributed by atoms with Crippen LogP contribution in [-0.2, 0) is 0 Å². The molecule has 1 fully saturated rings. The van der Waals surface area contributed by atoms with Crippen LogP contribution in [0.4, 0.5) is 0 Å². The van der Waals surface area contributed by atoms with Crippen molar-refractivity contribution in [3.05, 3.63) is 0 Å². The van der Waals surface area contributed by atoms with E-state index >= 15 is 0 Å². The Hall–Kier alpha value is -0.560. The van der Waals surface area contributed by atoms with E-state index in [0.29, 0.717) is 12.0 Å². The van der Waals surface area contributed by atoms with Crippen LogP contribution in [0.3, 0.4) is 0 Å². The second-order valence-corrected chi connectivity index (χ2v) is 6.06. The number of hydrogen-bond acceptors (Lipinski definition) is 3. The van der Waals surface area contributed by atoms with Crippen molar-refractivity contribution < 1.29 is 0 Å². The molecule has 0 unspecified atom stereocenters. The molecule has 0 bridgehead atoms. The maximum absolute atomic E-state index is 3.48. The van der Waals surface area contributed by atoms with Gasteiger partial charge in [0, 0.05) is 38.1 Å². The van der Waals surface area contributed by atoms with Gasteiger partial charge < -0.3 is 10.2 Å². The molecule has 0 atom stereocenters. The second-order valence-electron chi connectivity index (χ2n) is 6.06. The van der Waals surface area contributed by atoms with Crippen LogP contribution in [0.2, 0.25) is 0 Å². The Bertz CT molecular complexity index is 280. The highest BCUT2D eigenvalue weighted by Crippen LogP contribution is 2.01. The molecule has 19 heavy (non-hydrogen) atoms. The van der Waals surface area contributed by atoms with Crippen molar-refractivity contribution in [3.63, 3.8) is 0 Å². The van der Waals surface area contributed by atoms with Crippen LogP contribution in [0.25, 0.3) is 0 Å². The fourth-order valence-corrected chi connectivity index (χ4v) is 2.23. The molecule has 1 rings (SSSR count). The predicted octanol–water partition coefficient (Wildman–Crippen LogP) is 1.65. The first-order chi connectivity index (χ1) is 9.08. The fourth-order valence-electron chi connectivity index (χ4n) is 2.23. The molecule has 0 saturated carbocycles. The number of hydrogen-bond donors (Lipinski definition) is 1. The molecule has 1 heterocycles. The summed E-state index contributed by atoms with van der Waals surface area (Å²) in [4.78, 5) is 5.05. The molecule has 1 saturated heterocycles. The fraction of sp³-hybridized carbons (Fsp3) is 0.875. The van der Waals surface area contributed by atoms with Gasteiger partial charge in [0.1, 0.15) is 0 Å². The van der Waals surface area contributed by atoms with Crippen LogP contribution in [0.1, 0.15) is 34.1 Å². The van der Waals surface area contributed by atoms with E-state index in [1.807, 2.05) is 0 Å². The molecule has 0 amide bonds. The van der Waals surface area contributed by atoms with Crippen LogP contribution in [0.5, 0.6) is 0 Å². The van der Waals surface area contributed by atoms with Crippen LogP contribution in [0.15, 0.2) is 0 Å². The van der Waals surface area contributed by atoms with Gasteiger partial charge in [-0.05, 0) is 19.5 Å². The van der Waals surface area contributed by atoms with Crippen LogP contribution in [-0.4, -0.2) is 61.7 Å². The smallest absolute Gasteiger partial charge is 0.0602 e. The molecule has 0 aromatic carbocycles. The Kier molecular flexibility index (Phi) is 8.13. The molecular weight excluding hydrogens is 234 g/mol. The van der Waals surface area contributed by atoms with E-state index in [2.05, 4.69) is 54.7 Å². The zero-order chi connectivity index (χ0) is 14.1. The Labute approximate surface area is 119 Å². The molecule has 1 aliphatic rings. The molecular formula is C16H31N3. The van der Waals surface area contributed by atoms with Crippen LogP contribution < -0.4 is 5.32 Å². The number of nitrogens with zero attached hydrogens (tertiary/aromatic N) is 2. The van der Waals surface area contributed by atoms with Crippen LogP contribution >= 0.6 is 0 Å². The quantitative estimate of drug-likeness (QED) is 0.582. The second kappa shape index (κ2) is 9.36. The summed E-state index contributed by atoms with van der Waals surface area (Å²) in [5.41, 5.74) is 0. The Balaban J connectivity index is 2.07. The molecule has 0 aromatic rings. The zero-order valence-electron chi connectivity index (χ0n) is 13.2. The van der Waals surface area contributed by atoms with Crippen molar-refractivity contribution in [1.82, 2.24) is 15.1 Å². The topological polar surface area (TPSA) is 18.5 Å². The maximum Gasteiger partial charge on any atom is 0.0602 e. The van der Waals surface area contributed by atoms with E-state index in [-0.39, 0.29) is 0 Å². The Morgan fingerprint density at radius 2 is 1.63 bits per heavy atom. The summed E-state index contributed by atoms with van der Waals surface area (Å²) in [6.07, 6.45) is 1.26. The van der Waals surface area contributed by atoms with Crippen molar-refractivity contribution in [2.75, 3.05) is 45.8 Å². The Morgan fingerprint density at radius 1 is 1.00 bits per heavy atom. The monoisotopic (exact) mass is 265 g/mol. The SMILES string of the molecule is CC(C)C#CCN1CCN(CCCNC(C)C)CC1. The Morgan fingerprint density at radius 3 is 2.21 bits per heavy atom. The van der Waals surface area contributed by atoms with Gasteiger partial charge in [-0.25, -0.2) is 0 Å². The minimum atomic E-state index is 0.495. The van der Waals surface area contributed by atoms with E-state index in [1.165, 1.54) is 39.1 Å². The van der Waals surface area contributed by atoms with Crippen molar-refractivity contribution in [2.24, 2.45) is 5.92 Å². The standard InChI is InChI=1S/C16H31N3/c1-15(2)7-5-9-18-11-13-19(14-12-18)10-6-8-17-16(3)4/h15-17H,6,8-14H2,1-4H3. The molecule has 1 aliphatic heterocycles. The third-order valence-electron chi connectivity index (χ3n) is 3.36. The van der Waals surface area contributed by atoms with Gasteiger partial charge in [0.05, 0.1) is 6.54 Å². The first-order valence-electron chi connectivity index (χ1n) is 7.74. The van der Waals surface area contributed by atoms with Crippen molar-refractivity contribution in [3.8, 4) is 11.8 Å². The lowest BCUT2D eigenvalue weighted by Gasteiger charge is -2.33. The average molecular weight is 265 g/mol. The minimum absolute atomic E-state index is 0.495. The molecule has 1 N–H and O–H groups in total. The van der Waals surface area contributed by atoms with Gasteiger partial charge in [0.15, 0.2) is 0 Å². The highest BCUT2D eigenvalue weighted by atomic mass is 15.3. The lowest BCUT2D eigenvalue weighted by atomic mass is 10.2. The van der Waals surface area contributed by atoms with Gasteiger partial charge in [-0.2, -0.15) is 0 Å². The van der Waals surface area contributed by atoms with E-state index < -0.39 is 0 Å². The summed E-state index contributed by atoms with van der Waals surface area (Å²) >= 11 is 0. The van der Waals surface area contributed by atoms with Gasteiger partial charge in [-0.15, -0.1) is 0 Å². The highest BCUT2D eigenvalue weighted by molar-refractivity contribution is 5.03. The molecule has 0 aromatic heterocycles. The van der Waals surface area contributed by atoms with Gasteiger partial charge in [0.25, 0.3) is 0 Å². The highest BCUT2D eigenvalue weighted by Gasteiger charge is 2.15. The van der Waals surface area contributed by atoms with E-state index in [1.54, 1.807) is 0 Å². The van der Waals surface area contributed by atoms with E-state index in [0.717, 1.165) is 13.1 Å². The summed E-state index contributed by atoms with van der Waals surface area (Å²) in [7, 11) is 0.